The lowest BCUT2D eigenvalue weighted by molar-refractivity contribution is 0.178. The fourth-order valence-corrected chi connectivity index (χ4v) is 2.24. The summed E-state index contributed by atoms with van der Waals surface area (Å²) in [5.74, 6) is 0. The van der Waals surface area contributed by atoms with E-state index in [-0.39, 0.29) is 5.57 Å². The first-order valence-electron chi connectivity index (χ1n) is 6.06. The molecule has 0 fully saturated rings. The summed E-state index contributed by atoms with van der Waals surface area (Å²) in [6.45, 7) is 0. The van der Waals surface area contributed by atoms with E-state index in [9.17, 15) is 13.9 Å². The molecule has 0 saturated carbocycles. The van der Waals surface area contributed by atoms with E-state index in [1.807, 2.05) is 0 Å². The number of alkyl halides is 3. The fourth-order valence-electron chi connectivity index (χ4n) is 1.88. The van der Waals surface area contributed by atoms with Crippen LogP contribution in [-0.2, 0) is 0 Å². The highest BCUT2D eigenvalue weighted by atomic mass is 79.9. The summed E-state index contributed by atoms with van der Waals surface area (Å²) in [6, 6.07) is 17.0. The van der Waals surface area contributed by atoms with Crippen molar-refractivity contribution in [1.82, 2.24) is 0 Å². The summed E-state index contributed by atoms with van der Waals surface area (Å²) < 4.78 is 27.4. The number of benzene rings is 2. The molecule has 0 amide bonds. The molecule has 0 aliphatic rings. The van der Waals surface area contributed by atoms with Crippen molar-refractivity contribution in [2.24, 2.45) is 0 Å². The molecule has 1 N–H and O–H groups in total. The maximum absolute atomic E-state index is 13.7. The summed E-state index contributed by atoms with van der Waals surface area (Å²) in [5.41, 5.74) is 0.677. The zero-order chi connectivity index (χ0) is 14.6. The van der Waals surface area contributed by atoms with Gasteiger partial charge in [0.15, 0.2) is 0 Å². The molecule has 2 aromatic rings. The standard InChI is InChI=1S/C16H13BrF2O/c17-16(18,19)14(12-7-3-1-4-8-12)11-15(20)13-9-5-2-6-10-13/h1-11,15,20H/b14-11+. The molecule has 0 aromatic heterocycles. The summed E-state index contributed by atoms with van der Waals surface area (Å²) in [6.07, 6.45) is 0.0780. The average Bonchev–Trinajstić information content (AvgIpc) is 2.45. The van der Waals surface area contributed by atoms with Gasteiger partial charge in [0.05, 0.1) is 6.10 Å². The van der Waals surface area contributed by atoms with Gasteiger partial charge in [-0.05, 0) is 33.1 Å². The van der Waals surface area contributed by atoms with Crippen LogP contribution < -0.4 is 0 Å². The predicted molar refractivity (Wildman–Crippen MR) is 79.7 cm³/mol. The number of aliphatic hydroxyl groups is 1. The second kappa shape index (κ2) is 6.29. The van der Waals surface area contributed by atoms with E-state index in [1.165, 1.54) is 6.08 Å². The Morgan fingerprint density at radius 1 is 1.00 bits per heavy atom. The van der Waals surface area contributed by atoms with E-state index in [1.54, 1.807) is 60.7 Å². The van der Waals surface area contributed by atoms with Gasteiger partial charge in [0.25, 0.3) is 0 Å². The third kappa shape index (κ3) is 3.74. The number of halogens is 3. The highest BCUT2D eigenvalue weighted by Crippen LogP contribution is 2.39. The first-order chi connectivity index (χ1) is 9.48. The van der Waals surface area contributed by atoms with Crippen LogP contribution >= 0.6 is 15.9 Å². The summed E-state index contributed by atoms with van der Waals surface area (Å²) in [4.78, 5) is -3.20. The van der Waals surface area contributed by atoms with Crippen LogP contribution in [-0.4, -0.2) is 9.94 Å². The summed E-state index contributed by atoms with van der Waals surface area (Å²) in [5, 5.41) is 10.1. The van der Waals surface area contributed by atoms with Gasteiger partial charge < -0.3 is 5.11 Å². The highest BCUT2D eigenvalue weighted by Gasteiger charge is 2.31. The van der Waals surface area contributed by atoms with Crippen LogP contribution in [0.1, 0.15) is 17.2 Å². The molecular weight excluding hydrogens is 326 g/mol. The second-order valence-corrected chi connectivity index (χ2v) is 5.30. The SMILES string of the molecule is OC(/C=C(\c1ccccc1)C(F)(F)Br)c1ccccc1. The van der Waals surface area contributed by atoms with Crippen LogP contribution in [0.2, 0.25) is 0 Å². The number of allylic oxidation sites excluding steroid dienone is 1. The van der Waals surface area contributed by atoms with E-state index < -0.39 is 10.9 Å². The maximum atomic E-state index is 13.7. The monoisotopic (exact) mass is 338 g/mol. The lowest BCUT2D eigenvalue weighted by Crippen LogP contribution is -2.10. The summed E-state index contributed by atoms with van der Waals surface area (Å²) in [7, 11) is 0. The van der Waals surface area contributed by atoms with Crippen molar-refractivity contribution in [3.8, 4) is 0 Å². The Morgan fingerprint density at radius 3 is 2.00 bits per heavy atom. The molecule has 1 atom stereocenters. The van der Waals surface area contributed by atoms with Gasteiger partial charge in [0, 0.05) is 5.57 Å². The summed E-state index contributed by atoms with van der Waals surface area (Å²) >= 11 is 2.37. The quantitative estimate of drug-likeness (QED) is 0.794. The topological polar surface area (TPSA) is 20.2 Å². The van der Waals surface area contributed by atoms with Crippen molar-refractivity contribution in [2.75, 3.05) is 0 Å². The van der Waals surface area contributed by atoms with E-state index in [4.69, 9.17) is 0 Å². The molecule has 0 spiro atoms. The second-order valence-electron chi connectivity index (χ2n) is 4.30. The molecule has 0 aliphatic carbocycles. The van der Waals surface area contributed by atoms with Gasteiger partial charge in [0.1, 0.15) is 0 Å². The molecule has 4 heteroatoms. The molecule has 1 unspecified atom stereocenters. The Bertz CT molecular complexity index is 576. The van der Waals surface area contributed by atoms with Gasteiger partial charge in [-0.3, -0.25) is 0 Å². The Labute approximate surface area is 124 Å². The van der Waals surface area contributed by atoms with Crippen LogP contribution in [0.5, 0.6) is 0 Å². The lowest BCUT2D eigenvalue weighted by atomic mass is 10.0. The molecule has 0 saturated heterocycles. The molecule has 2 aromatic carbocycles. The Morgan fingerprint density at radius 2 is 1.50 bits per heavy atom. The van der Waals surface area contributed by atoms with Gasteiger partial charge in [-0.2, -0.15) is 8.78 Å². The molecule has 0 heterocycles. The van der Waals surface area contributed by atoms with Gasteiger partial charge >= 0.3 is 4.83 Å². The normalized spacial score (nSPS) is 14.1. The van der Waals surface area contributed by atoms with Crippen molar-refractivity contribution >= 4 is 21.5 Å². The van der Waals surface area contributed by atoms with Crippen molar-refractivity contribution in [3.05, 3.63) is 77.9 Å². The molecular formula is C16H13BrF2O. The third-order valence-electron chi connectivity index (χ3n) is 2.86. The van der Waals surface area contributed by atoms with Crippen LogP contribution in [0.25, 0.3) is 5.57 Å². The van der Waals surface area contributed by atoms with E-state index in [0.29, 0.717) is 11.1 Å². The highest BCUT2D eigenvalue weighted by molar-refractivity contribution is 9.10. The van der Waals surface area contributed by atoms with Crippen molar-refractivity contribution in [3.63, 3.8) is 0 Å². The minimum Gasteiger partial charge on any atom is -0.384 e. The van der Waals surface area contributed by atoms with Crippen LogP contribution in [0.15, 0.2) is 66.7 Å². The third-order valence-corrected chi connectivity index (χ3v) is 3.28. The first-order valence-corrected chi connectivity index (χ1v) is 6.85. The van der Waals surface area contributed by atoms with Crippen molar-refractivity contribution < 1.29 is 13.9 Å². The number of rotatable bonds is 4. The van der Waals surface area contributed by atoms with Crippen LogP contribution in [0, 0.1) is 0 Å². The molecule has 0 aliphatic heterocycles. The smallest absolute Gasteiger partial charge is 0.327 e. The Kier molecular flexibility index (Phi) is 4.68. The van der Waals surface area contributed by atoms with Gasteiger partial charge in [-0.1, -0.05) is 60.7 Å². The van der Waals surface area contributed by atoms with E-state index >= 15 is 0 Å². The minimum atomic E-state index is -3.20. The van der Waals surface area contributed by atoms with Gasteiger partial charge in [0.2, 0.25) is 0 Å². The molecule has 0 radical (unpaired) electrons. The zero-order valence-corrected chi connectivity index (χ0v) is 12.1. The minimum absolute atomic E-state index is 0.255. The molecule has 104 valence electrons. The van der Waals surface area contributed by atoms with Crippen LogP contribution in [0.4, 0.5) is 8.78 Å². The molecule has 1 nitrogen and oxygen atoms in total. The molecule has 0 bridgehead atoms. The largest absolute Gasteiger partial charge is 0.384 e. The average molecular weight is 339 g/mol. The molecule has 2 rings (SSSR count). The Balaban J connectivity index is 2.40. The zero-order valence-electron chi connectivity index (χ0n) is 10.5. The first kappa shape index (κ1) is 14.9. The lowest BCUT2D eigenvalue weighted by Gasteiger charge is -2.16. The van der Waals surface area contributed by atoms with E-state index in [2.05, 4.69) is 15.9 Å². The Hall–Kier alpha value is -1.52. The van der Waals surface area contributed by atoms with Gasteiger partial charge in [-0.15, -0.1) is 0 Å². The van der Waals surface area contributed by atoms with Crippen LogP contribution in [0.3, 0.4) is 0 Å². The number of aliphatic hydroxyl groups excluding tert-OH is 1. The maximum Gasteiger partial charge on any atom is 0.327 e. The van der Waals surface area contributed by atoms with Gasteiger partial charge in [-0.25, -0.2) is 0 Å². The number of hydrogen-bond donors (Lipinski definition) is 1. The molecule has 20 heavy (non-hydrogen) atoms. The van der Waals surface area contributed by atoms with Crippen molar-refractivity contribution in [1.29, 1.82) is 0 Å². The predicted octanol–water partition coefficient (Wildman–Crippen LogP) is 4.79. The fraction of sp³-hybridized carbons (Fsp3) is 0.125. The number of hydrogen-bond acceptors (Lipinski definition) is 1. The van der Waals surface area contributed by atoms with Crippen molar-refractivity contribution in [2.45, 2.75) is 10.9 Å². The van der Waals surface area contributed by atoms with E-state index in [0.717, 1.165) is 0 Å².